The van der Waals surface area contributed by atoms with Gasteiger partial charge in [0.2, 0.25) is 0 Å². The molecular formula is C18H27NO. The van der Waals surface area contributed by atoms with Gasteiger partial charge in [0.15, 0.2) is 0 Å². The van der Waals surface area contributed by atoms with Crippen molar-refractivity contribution in [3.05, 3.63) is 29.3 Å². The number of hydrogen-bond donors (Lipinski definition) is 0. The van der Waals surface area contributed by atoms with Gasteiger partial charge in [-0.2, -0.15) is 0 Å². The summed E-state index contributed by atoms with van der Waals surface area (Å²) in [5, 5.41) is 0. The molecule has 1 aromatic carbocycles. The molecule has 2 nitrogen and oxygen atoms in total. The lowest BCUT2D eigenvalue weighted by Gasteiger charge is -2.48. The lowest BCUT2D eigenvalue weighted by molar-refractivity contribution is -0.133. The van der Waals surface area contributed by atoms with E-state index in [0.717, 1.165) is 13.1 Å². The maximum Gasteiger partial charge on any atom is 0.0780 e. The number of nitrogens with zero attached hydrogens (tertiary/aromatic N) is 1. The zero-order valence-corrected chi connectivity index (χ0v) is 13.4. The first kappa shape index (κ1) is 13.9. The highest BCUT2D eigenvalue weighted by atomic mass is 16.5. The van der Waals surface area contributed by atoms with Gasteiger partial charge in [-0.3, -0.25) is 0 Å². The van der Waals surface area contributed by atoms with Crippen LogP contribution in [0.3, 0.4) is 0 Å². The molecule has 20 heavy (non-hydrogen) atoms. The van der Waals surface area contributed by atoms with Crippen molar-refractivity contribution in [2.75, 3.05) is 18.0 Å². The number of fused-ring (bicyclic) bond motifs is 2. The third-order valence-corrected chi connectivity index (χ3v) is 4.62. The molecule has 110 valence electrons. The van der Waals surface area contributed by atoms with Crippen LogP contribution < -0.4 is 4.90 Å². The van der Waals surface area contributed by atoms with Crippen LogP contribution in [0.1, 0.15) is 58.1 Å². The predicted octanol–water partition coefficient (Wildman–Crippen LogP) is 4.09. The van der Waals surface area contributed by atoms with Crippen molar-refractivity contribution in [3.8, 4) is 0 Å². The predicted molar refractivity (Wildman–Crippen MR) is 84.7 cm³/mol. The zero-order chi connectivity index (χ0) is 14.5. The van der Waals surface area contributed by atoms with E-state index in [1.54, 1.807) is 0 Å². The summed E-state index contributed by atoms with van der Waals surface area (Å²) in [5.41, 5.74) is 4.54. The van der Waals surface area contributed by atoms with Crippen molar-refractivity contribution in [2.45, 2.75) is 64.6 Å². The smallest absolute Gasteiger partial charge is 0.0780 e. The topological polar surface area (TPSA) is 12.5 Å². The number of piperidine rings is 1. The van der Waals surface area contributed by atoms with Crippen LogP contribution in [-0.4, -0.2) is 25.3 Å². The Balaban J connectivity index is 1.97. The average Bonchev–Trinajstić information content (AvgIpc) is 2.36. The van der Waals surface area contributed by atoms with E-state index in [4.69, 9.17) is 4.74 Å². The zero-order valence-electron chi connectivity index (χ0n) is 13.4. The lowest BCUT2D eigenvalue weighted by atomic mass is 9.84. The van der Waals surface area contributed by atoms with Gasteiger partial charge < -0.3 is 9.64 Å². The monoisotopic (exact) mass is 273 g/mol. The van der Waals surface area contributed by atoms with E-state index in [-0.39, 0.29) is 5.41 Å². The van der Waals surface area contributed by atoms with Crippen molar-refractivity contribution in [1.82, 2.24) is 0 Å². The van der Waals surface area contributed by atoms with Gasteiger partial charge in [-0.05, 0) is 28.5 Å². The molecule has 2 atom stereocenters. The summed E-state index contributed by atoms with van der Waals surface area (Å²) in [6, 6.07) is 7.06. The Hall–Kier alpha value is -1.02. The molecule has 3 fully saturated rings. The van der Waals surface area contributed by atoms with Gasteiger partial charge in [-0.1, -0.05) is 46.8 Å². The first-order chi connectivity index (χ1) is 9.34. The first-order valence-corrected chi connectivity index (χ1v) is 7.89. The average molecular weight is 273 g/mol. The highest BCUT2D eigenvalue weighted by Crippen LogP contribution is 2.37. The number of hydrogen-bond acceptors (Lipinski definition) is 2. The molecule has 0 saturated carbocycles. The number of ether oxygens (including phenoxy) is 1. The van der Waals surface area contributed by atoms with Crippen LogP contribution in [0, 0.1) is 0 Å². The second kappa shape index (κ2) is 4.77. The molecule has 0 N–H and O–H groups in total. The maximum absolute atomic E-state index is 5.78. The number of benzene rings is 1. The van der Waals surface area contributed by atoms with Gasteiger partial charge in [-0.15, -0.1) is 0 Å². The summed E-state index contributed by atoms with van der Waals surface area (Å²) in [5.74, 6) is 0.568. The van der Waals surface area contributed by atoms with Gasteiger partial charge in [-0.25, -0.2) is 0 Å². The van der Waals surface area contributed by atoms with E-state index in [1.807, 2.05) is 0 Å². The van der Waals surface area contributed by atoms with Crippen LogP contribution >= 0.6 is 0 Å². The molecule has 3 heterocycles. The molecule has 1 aromatic rings. The Bertz CT molecular complexity index is 485. The standard InChI is InChI=1S/C18H27NO/c1-12(2)16-7-6-13(18(3,4)5)8-17(16)19-10-14-9-15(11-19)20-14/h6-8,12,14-15H,9-11H2,1-5H3. The number of morpholine rings is 1. The van der Waals surface area contributed by atoms with Crippen molar-refractivity contribution < 1.29 is 4.74 Å². The summed E-state index contributed by atoms with van der Waals surface area (Å²) < 4.78 is 5.78. The van der Waals surface area contributed by atoms with Crippen molar-refractivity contribution in [2.24, 2.45) is 0 Å². The first-order valence-electron chi connectivity index (χ1n) is 7.89. The second-order valence-electron chi connectivity index (χ2n) is 7.70. The summed E-state index contributed by atoms with van der Waals surface area (Å²) in [6.45, 7) is 13.6. The van der Waals surface area contributed by atoms with Crippen LogP contribution in [0.15, 0.2) is 18.2 Å². The van der Waals surface area contributed by atoms with Crippen LogP contribution in [0.25, 0.3) is 0 Å². The van der Waals surface area contributed by atoms with E-state index in [0.29, 0.717) is 18.1 Å². The molecule has 3 saturated heterocycles. The van der Waals surface area contributed by atoms with Crippen LogP contribution in [0.4, 0.5) is 5.69 Å². The van der Waals surface area contributed by atoms with E-state index in [9.17, 15) is 0 Å². The fourth-order valence-electron chi connectivity index (χ4n) is 3.32. The molecule has 0 spiro atoms. The van der Waals surface area contributed by atoms with Gasteiger partial charge in [0.25, 0.3) is 0 Å². The minimum Gasteiger partial charge on any atom is -0.371 e. The van der Waals surface area contributed by atoms with E-state index >= 15 is 0 Å². The minimum absolute atomic E-state index is 0.208. The molecular weight excluding hydrogens is 246 g/mol. The molecule has 0 aromatic heterocycles. The Morgan fingerprint density at radius 1 is 1.15 bits per heavy atom. The molecule has 4 rings (SSSR count). The molecule has 0 amide bonds. The second-order valence-corrected chi connectivity index (χ2v) is 7.70. The molecule has 2 bridgehead atoms. The number of anilines is 1. The fourth-order valence-corrected chi connectivity index (χ4v) is 3.32. The van der Waals surface area contributed by atoms with E-state index < -0.39 is 0 Å². The molecule has 2 unspecified atom stereocenters. The van der Waals surface area contributed by atoms with Crippen LogP contribution in [0.2, 0.25) is 0 Å². The minimum atomic E-state index is 0.208. The van der Waals surface area contributed by atoms with Crippen molar-refractivity contribution >= 4 is 5.69 Å². The van der Waals surface area contributed by atoms with Crippen LogP contribution in [-0.2, 0) is 10.2 Å². The summed E-state index contributed by atoms with van der Waals surface area (Å²) in [6.07, 6.45) is 2.19. The Morgan fingerprint density at radius 3 is 2.25 bits per heavy atom. The van der Waals surface area contributed by atoms with E-state index in [1.165, 1.54) is 23.2 Å². The molecule has 3 aliphatic heterocycles. The summed E-state index contributed by atoms with van der Waals surface area (Å²) >= 11 is 0. The summed E-state index contributed by atoms with van der Waals surface area (Å²) in [7, 11) is 0. The maximum atomic E-state index is 5.78. The van der Waals surface area contributed by atoms with Gasteiger partial charge in [0, 0.05) is 25.2 Å². The highest BCUT2D eigenvalue weighted by molar-refractivity contribution is 5.58. The van der Waals surface area contributed by atoms with Gasteiger partial charge in [0.05, 0.1) is 12.2 Å². The Kier molecular flexibility index (Phi) is 3.32. The van der Waals surface area contributed by atoms with Gasteiger partial charge in [0.1, 0.15) is 0 Å². The molecule has 3 aliphatic rings. The molecule has 2 heteroatoms. The normalized spacial score (nSPS) is 25.8. The van der Waals surface area contributed by atoms with Crippen molar-refractivity contribution in [3.63, 3.8) is 0 Å². The molecule has 0 aliphatic carbocycles. The fraction of sp³-hybridized carbons (Fsp3) is 0.667. The number of rotatable bonds is 2. The van der Waals surface area contributed by atoms with Crippen LogP contribution in [0.5, 0.6) is 0 Å². The Morgan fingerprint density at radius 2 is 1.75 bits per heavy atom. The Labute approximate surface area is 123 Å². The third-order valence-electron chi connectivity index (χ3n) is 4.62. The summed E-state index contributed by atoms with van der Waals surface area (Å²) in [4.78, 5) is 2.55. The highest BCUT2D eigenvalue weighted by Gasteiger charge is 2.39. The quantitative estimate of drug-likeness (QED) is 0.805. The SMILES string of the molecule is CC(C)c1ccc(C(C)(C)C)cc1N1CC2CC(C1)O2. The molecule has 0 radical (unpaired) electrons. The lowest BCUT2D eigenvalue weighted by Crippen LogP contribution is -2.57. The van der Waals surface area contributed by atoms with Crippen molar-refractivity contribution in [1.29, 1.82) is 0 Å². The largest absolute Gasteiger partial charge is 0.371 e. The van der Waals surface area contributed by atoms with E-state index in [2.05, 4.69) is 57.7 Å². The van der Waals surface area contributed by atoms with Gasteiger partial charge >= 0.3 is 0 Å². The third kappa shape index (κ3) is 2.46.